The average Bonchev–Trinajstić information content (AvgIpc) is 3.17. The molecule has 6 nitrogen and oxygen atoms in total. The van der Waals surface area contributed by atoms with E-state index in [-0.39, 0.29) is 17.9 Å². The largest absolute Gasteiger partial charge is 0.444 e. The maximum Gasteiger partial charge on any atom is 0.410 e. The van der Waals surface area contributed by atoms with Crippen molar-refractivity contribution in [1.29, 1.82) is 0 Å². The van der Waals surface area contributed by atoms with Crippen LogP contribution in [0.25, 0.3) is 10.9 Å². The molecule has 0 bridgehead atoms. The summed E-state index contributed by atoms with van der Waals surface area (Å²) >= 11 is 0. The van der Waals surface area contributed by atoms with E-state index >= 15 is 0 Å². The Labute approximate surface area is 147 Å². The number of aromatic amines is 1. The van der Waals surface area contributed by atoms with E-state index < -0.39 is 5.60 Å². The van der Waals surface area contributed by atoms with Gasteiger partial charge in [0.25, 0.3) is 0 Å². The van der Waals surface area contributed by atoms with Gasteiger partial charge in [0.1, 0.15) is 5.60 Å². The summed E-state index contributed by atoms with van der Waals surface area (Å²) in [4.78, 5) is 29.4. The molecule has 0 saturated carbocycles. The molecule has 1 aromatic heterocycles. The highest BCUT2D eigenvalue weighted by Crippen LogP contribution is 2.20. The third kappa shape index (κ3) is 4.32. The van der Waals surface area contributed by atoms with Gasteiger partial charge in [-0.05, 0) is 44.7 Å². The third-order valence-electron chi connectivity index (χ3n) is 4.25. The van der Waals surface area contributed by atoms with Crippen molar-refractivity contribution >= 4 is 22.9 Å². The molecule has 25 heavy (non-hydrogen) atoms. The van der Waals surface area contributed by atoms with Crippen LogP contribution in [0.4, 0.5) is 4.79 Å². The molecule has 2 heterocycles. The smallest absolute Gasteiger partial charge is 0.410 e. The van der Waals surface area contributed by atoms with Gasteiger partial charge in [-0.2, -0.15) is 0 Å². The van der Waals surface area contributed by atoms with Gasteiger partial charge in [0.15, 0.2) is 0 Å². The number of H-pyrrole nitrogens is 1. The van der Waals surface area contributed by atoms with Crippen LogP contribution in [0.3, 0.4) is 0 Å². The fourth-order valence-corrected chi connectivity index (χ4v) is 3.02. The number of para-hydroxylation sites is 1. The minimum Gasteiger partial charge on any atom is -0.444 e. The van der Waals surface area contributed by atoms with Crippen molar-refractivity contribution in [2.24, 2.45) is 5.92 Å². The number of hydrogen-bond donors (Lipinski definition) is 2. The highest BCUT2D eigenvalue weighted by atomic mass is 16.6. The molecule has 3 rings (SSSR count). The lowest BCUT2D eigenvalue weighted by atomic mass is 10.1. The van der Waals surface area contributed by atoms with Gasteiger partial charge >= 0.3 is 6.09 Å². The van der Waals surface area contributed by atoms with Crippen molar-refractivity contribution in [3.8, 4) is 0 Å². The molecule has 0 unspecified atom stereocenters. The Morgan fingerprint density at radius 2 is 2.08 bits per heavy atom. The van der Waals surface area contributed by atoms with Gasteiger partial charge < -0.3 is 19.9 Å². The predicted molar refractivity (Wildman–Crippen MR) is 96.1 cm³/mol. The standard InChI is InChI=1S/C19H25N3O3/c1-19(2,3)25-18(24)22-9-8-14(12-22)17(23)20-11-15-10-13-6-4-5-7-16(13)21-15/h4-7,10,14,21H,8-9,11-12H2,1-3H3,(H,20,23)/t14-/m1/s1. The summed E-state index contributed by atoms with van der Waals surface area (Å²) in [5.74, 6) is -0.207. The second kappa shape index (κ2) is 6.78. The number of ether oxygens (including phenoxy) is 1. The normalized spacial score (nSPS) is 17.7. The fourth-order valence-electron chi connectivity index (χ4n) is 3.02. The Morgan fingerprint density at radius 1 is 1.32 bits per heavy atom. The molecular weight excluding hydrogens is 318 g/mol. The molecule has 1 aliphatic rings. The number of amides is 2. The van der Waals surface area contributed by atoms with Crippen molar-refractivity contribution < 1.29 is 14.3 Å². The maximum atomic E-state index is 12.4. The monoisotopic (exact) mass is 343 g/mol. The van der Waals surface area contributed by atoms with Crippen molar-refractivity contribution in [1.82, 2.24) is 15.2 Å². The van der Waals surface area contributed by atoms with Gasteiger partial charge in [-0.15, -0.1) is 0 Å². The zero-order valence-electron chi connectivity index (χ0n) is 15.0. The van der Waals surface area contributed by atoms with Gasteiger partial charge in [0.2, 0.25) is 5.91 Å². The number of benzene rings is 1. The number of nitrogens with one attached hydrogen (secondary N) is 2. The Morgan fingerprint density at radius 3 is 2.80 bits per heavy atom. The summed E-state index contributed by atoms with van der Waals surface area (Å²) in [6, 6.07) is 10.0. The van der Waals surface area contributed by atoms with Gasteiger partial charge in [0.05, 0.1) is 12.5 Å². The van der Waals surface area contributed by atoms with E-state index in [0.717, 1.165) is 16.6 Å². The lowest BCUT2D eigenvalue weighted by Gasteiger charge is -2.24. The zero-order valence-corrected chi connectivity index (χ0v) is 15.0. The van der Waals surface area contributed by atoms with Gasteiger partial charge in [-0.25, -0.2) is 4.79 Å². The van der Waals surface area contributed by atoms with Gasteiger partial charge in [-0.1, -0.05) is 18.2 Å². The molecule has 0 radical (unpaired) electrons. The average molecular weight is 343 g/mol. The van der Waals surface area contributed by atoms with Crippen molar-refractivity contribution in [2.75, 3.05) is 13.1 Å². The van der Waals surface area contributed by atoms with E-state index in [9.17, 15) is 9.59 Å². The molecule has 2 aromatic rings. The van der Waals surface area contributed by atoms with E-state index in [4.69, 9.17) is 4.74 Å². The third-order valence-corrected chi connectivity index (χ3v) is 4.25. The molecular formula is C19H25N3O3. The molecule has 2 amide bonds. The number of rotatable bonds is 3. The van der Waals surface area contributed by atoms with Crippen LogP contribution in [0.2, 0.25) is 0 Å². The molecule has 0 spiro atoms. The van der Waals surface area contributed by atoms with Crippen LogP contribution in [-0.2, 0) is 16.1 Å². The molecule has 1 saturated heterocycles. The summed E-state index contributed by atoms with van der Waals surface area (Å²) < 4.78 is 5.36. The molecule has 1 atom stereocenters. The first-order valence-electron chi connectivity index (χ1n) is 8.64. The number of carbonyl (C=O) groups excluding carboxylic acids is 2. The zero-order chi connectivity index (χ0) is 18.0. The molecule has 0 aliphatic carbocycles. The lowest BCUT2D eigenvalue weighted by molar-refractivity contribution is -0.124. The summed E-state index contributed by atoms with van der Waals surface area (Å²) in [5, 5.41) is 4.09. The van der Waals surface area contributed by atoms with E-state index in [2.05, 4.69) is 10.3 Å². The van der Waals surface area contributed by atoms with E-state index in [1.54, 1.807) is 4.90 Å². The number of hydrogen-bond acceptors (Lipinski definition) is 3. The Kier molecular flexibility index (Phi) is 4.70. The summed E-state index contributed by atoms with van der Waals surface area (Å²) in [7, 11) is 0. The Bertz CT molecular complexity index is 743. The molecule has 2 N–H and O–H groups in total. The minimum absolute atomic E-state index is 0.0234. The first-order valence-corrected chi connectivity index (χ1v) is 8.64. The first kappa shape index (κ1) is 17.3. The van der Waals surface area contributed by atoms with Crippen molar-refractivity contribution in [2.45, 2.75) is 39.3 Å². The predicted octanol–water partition coefficient (Wildman–Crippen LogP) is 3.04. The van der Waals surface area contributed by atoms with E-state index in [0.29, 0.717) is 26.1 Å². The van der Waals surface area contributed by atoms with Crippen LogP contribution in [-0.4, -0.2) is 40.6 Å². The van der Waals surface area contributed by atoms with Crippen LogP contribution in [0.1, 0.15) is 32.9 Å². The Hall–Kier alpha value is -2.50. The van der Waals surface area contributed by atoms with Crippen LogP contribution in [0.5, 0.6) is 0 Å². The highest BCUT2D eigenvalue weighted by molar-refractivity contribution is 5.82. The second-order valence-corrected chi connectivity index (χ2v) is 7.51. The molecule has 6 heteroatoms. The summed E-state index contributed by atoms with van der Waals surface area (Å²) in [6.07, 6.45) is 0.316. The van der Waals surface area contributed by atoms with E-state index in [1.165, 1.54) is 0 Å². The van der Waals surface area contributed by atoms with E-state index in [1.807, 2.05) is 51.1 Å². The number of nitrogens with zero attached hydrogens (tertiary/aromatic N) is 1. The van der Waals surface area contributed by atoms with Crippen molar-refractivity contribution in [3.05, 3.63) is 36.0 Å². The van der Waals surface area contributed by atoms with Gasteiger partial charge in [-0.3, -0.25) is 4.79 Å². The summed E-state index contributed by atoms with van der Waals surface area (Å²) in [6.45, 7) is 6.94. The number of carbonyl (C=O) groups is 2. The van der Waals surface area contributed by atoms with Crippen LogP contribution in [0.15, 0.2) is 30.3 Å². The number of fused-ring (bicyclic) bond motifs is 1. The van der Waals surface area contributed by atoms with Crippen LogP contribution in [0, 0.1) is 5.92 Å². The molecule has 1 aromatic carbocycles. The van der Waals surface area contributed by atoms with Gasteiger partial charge in [0, 0.05) is 24.3 Å². The SMILES string of the molecule is CC(C)(C)OC(=O)N1CC[C@@H](C(=O)NCc2cc3ccccc3[nH]2)C1. The second-order valence-electron chi connectivity index (χ2n) is 7.51. The van der Waals surface area contributed by atoms with Crippen LogP contribution < -0.4 is 5.32 Å². The highest BCUT2D eigenvalue weighted by Gasteiger charge is 2.33. The quantitative estimate of drug-likeness (QED) is 0.899. The summed E-state index contributed by atoms with van der Waals surface area (Å²) in [5.41, 5.74) is 1.51. The topological polar surface area (TPSA) is 74.4 Å². The van der Waals surface area contributed by atoms with Crippen molar-refractivity contribution in [3.63, 3.8) is 0 Å². The van der Waals surface area contributed by atoms with Crippen LogP contribution >= 0.6 is 0 Å². The molecule has 1 aliphatic heterocycles. The lowest BCUT2D eigenvalue weighted by Crippen LogP contribution is -2.37. The first-order chi connectivity index (χ1) is 11.8. The molecule has 1 fully saturated rings. The number of likely N-dealkylation sites (tertiary alicyclic amines) is 1. The number of aromatic nitrogens is 1. The fraction of sp³-hybridized carbons (Fsp3) is 0.474. The maximum absolute atomic E-state index is 12.4. The minimum atomic E-state index is -0.521. The molecule has 134 valence electrons. The Balaban J connectivity index is 1.51.